The summed E-state index contributed by atoms with van der Waals surface area (Å²) in [6, 6.07) is 0. The lowest BCUT2D eigenvalue weighted by molar-refractivity contribution is -0.161. The summed E-state index contributed by atoms with van der Waals surface area (Å²) < 4.78 is 6.12. The smallest absolute Gasteiger partial charge is 0.316 e. The van der Waals surface area contributed by atoms with Crippen molar-refractivity contribution in [2.24, 2.45) is 35.5 Å². The van der Waals surface area contributed by atoms with Gasteiger partial charge >= 0.3 is 5.97 Å². The lowest BCUT2D eigenvalue weighted by Crippen LogP contribution is -2.42. The van der Waals surface area contributed by atoms with Crippen LogP contribution in [0.5, 0.6) is 0 Å². The molecule has 0 aromatic rings. The van der Waals surface area contributed by atoms with Crippen LogP contribution in [0.15, 0.2) is 47.6 Å². The number of fused-ring (bicyclic) bond motifs is 3. The van der Waals surface area contributed by atoms with Crippen LogP contribution in [0.3, 0.4) is 0 Å². The maximum atomic E-state index is 12.8. The van der Waals surface area contributed by atoms with Gasteiger partial charge in [-0.05, 0) is 81.0 Å². The Balaban J connectivity index is 1.13. The molecule has 5 aliphatic carbocycles. The first-order valence-electron chi connectivity index (χ1n) is 13.5. The van der Waals surface area contributed by atoms with Gasteiger partial charge in [0.2, 0.25) is 0 Å². The van der Waals surface area contributed by atoms with E-state index in [-0.39, 0.29) is 11.6 Å². The Bertz CT molecular complexity index is 851. The molecule has 0 radical (unpaired) electrons. The van der Waals surface area contributed by atoms with Crippen LogP contribution in [0, 0.1) is 35.5 Å². The van der Waals surface area contributed by atoms with Crippen molar-refractivity contribution in [1.82, 2.24) is 0 Å². The maximum absolute atomic E-state index is 12.8. The second kappa shape index (κ2) is 10.2. The van der Waals surface area contributed by atoms with Crippen molar-refractivity contribution in [3.05, 3.63) is 47.6 Å². The lowest BCUT2D eigenvalue weighted by Gasteiger charge is -2.44. The molecule has 7 unspecified atom stereocenters. The normalized spacial score (nSPS) is 39.9. The van der Waals surface area contributed by atoms with Gasteiger partial charge in [-0.1, -0.05) is 80.2 Å². The Morgan fingerprint density at radius 2 is 2.00 bits per heavy atom. The molecule has 7 atom stereocenters. The average molecular weight is 467 g/mol. The molecule has 2 nitrogen and oxygen atoms in total. The minimum Gasteiger partial charge on any atom is -0.459 e. The molecule has 5 aliphatic rings. The van der Waals surface area contributed by atoms with E-state index in [4.69, 9.17) is 4.74 Å². The zero-order valence-corrected chi connectivity index (χ0v) is 21.5. The molecule has 0 heterocycles. The third kappa shape index (κ3) is 5.39. The van der Waals surface area contributed by atoms with E-state index < -0.39 is 0 Å². The molecular weight excluding hydrogens is 424 g/mol. The molecule has 3 heteroatoms. The molecular formula is C30H42O2S. The number of hydrogen-bond acceptors (Lipinski definition) is 3. The number of rotatable bonds is 5. The first-order chi connectivity index (χ1) is 16.0. The van der Waals surface area contributed by atoms with E-state index in [9.17, 15) is 4.79 Å². The fourth-order valence-electron chi connectivity index (χ4n) is 7.54. The topological polar surface area (TPSA) is 26.3 Å². The highest BCUT2D eigenvalue weighted by Gasteiger charge is 2.41. The van der Waals surface area contributed by atoms with E-state index >= 15 is 0 Å². The maximum Gasteiger partial charge on any atom is 0.316 e. The van der Waals surface area contributed by atoms with E-state index in [1.807, 2.05) is 0 Å². The van der Waals surface area contributed by atoms with Gasteiger partial charge in [0.15, 0.2) is 0 Å². The molecule has 0 spiro atoms. The lowest BCUT2D eigenvalue weighted by atomic mass is 9.64. The monoisotopic (exact) mass is 466 g/mol. The van der Waals surface area contributed by atoms with Gasteiger partial charge in [0.1, 0.15) is 5.60 Å². The van der Waals surface area contributed by atoms with Gasteiger partial charge in [-0.25, -0.2) is 0 Å². The molecule has 0 saturated heterocycles. The quantitative estimate of drug-likeness (QED) is 0.307. The number of thioether (sulfide) groups is 1. The fraction of sp³-hybridized carbons (Fsp3) is 0.700. The Kier molecular flexibility index (Phi) is 7.26. The second-order valence-electron chi connectivity index (χ2n) is 11.7. The van der Waals surface area contributed by atoms with Gasteiger partial charge < -0.3 is 4.74 Å². The van der Waals surface area contributed by atoms with E-state index in [1.165, 1.54) is 44.9 Å². The van der Waals surface area contributed by atoms with Gasteiger partial charge in [0, 0.05) is 5.75 Å². The zero-order chi connectivity index (χ0) is 22.8. The van der Waals surface area contributed by atoms with Crippen molar-refractivity contribution in [2.75, 3.05) is 11.5 Å². The van der Waals surface area contributed by atoms with Crippen LogP contribution in [0.4, 0.5) is 0 Å². The molecule has 0 bridgehead atoms. The van der Waals surface area contributed by atoms with E-state index in [2.05, 4.69) is 50.3 Å². The van der Waals surface area contributed by atoms with Crippen molar-refractivity contribution in [3.63, 3.8) is 0 Å². The van der Waals surface area contributed by atoms with Crippen molar-refractivity contribution >= 4 is 17.7 Å². The Hall–Kier alpha value is -1.22. The van der Waals surface area contributed by atoms with Gasteiger partial charge in [-0.15, -0.1) is 11.8 Å². The summed E-state index contributed by atoms with van der Waals surface area (Å²) in [5, 5.41) is 0. The molecule has 0 aromatic heterocycles. The molecule has 3 saturated carbocycles. The fourth-order valence-corrected chi connectivity index (χ4v) is 8.43. The van der Waals surface area contributed by atoms with E-state index in [0.717, 1.165) is 36.9 Å². The van der Waals surface area contributed by atoms with Crippen molar-refractivity contribution < 1.29 is 9.53 Å². The molecule has 33 heavy (non-hydrogen) atoms. The van der Waals surface area contributed by atoms with E-state index in [0.29, 0.717) is 29.4 Å². The van der Waals surface area contributed by atoms with Gasteiger partial charge in [-0.3, -0.25) is 4.79 Å². The first-order valence-corrected chi connectivity index (χ1v) is 14.7. The summed E-state index contributed by atoms with van der Waals surface area (Å²) in [5.41, 5.74) is 2.96. The third-order valence-electron chi connectivity index (χ3n) is 9.36. The minimum atomic E-state index is -0.233. The van der Waals surface area contributed by atoms with Crippen LogP contribution in [-0.4, -0.2) is 23.1 Å². The van der Waals surface area contributed by atoms with Crippen molar-refractivity contribution in [3.8, 4) is 0 Å². The number of ether oxygens (including phenoxy) is 1. The number of carbonyl (C=O) groups is 1. The number of allylic oxidation sites excluding steroid dienone is 7. The number of esters is 1. The average Bonchev–Trinajstić information content (AvgIpc) is 3.00. The predicted octanol–water partition coefficient (Wildman–Crippen LogP) is 7.67. The van der Waals surface area contributed by atoms with Crippen LogP contribution in [-0.2, 0) is 9.53 Å². The molecule has 0 aliphatic heterocycles. The summed E-state index contributed by atoms with van der Waals surface area (Å²) in [4.78, 5) is 12.8. The molecule has 0 amide bonds. The minimum absolute atomic E-state index is 0.00156. The summed E-state index contributed by atoms with van der Waals surface area (Å²) >= 11 is 1.77. The number of carbonyl (C=O) groups excluding carboxylic acids is 1. The van der Waals surface area contributed by atoms with E-state index in [1.54, 1.807) is 22.9 Å². The standard InChI is InChI=1S/C30H42O2S/c1-21-8-7-13-23-17-28-24(16-27(21)23)10-4-6-12-26(28)19-33-20-29(31)32-30(2)15-14-22-9-3-5-11-25(22)18-30/h4,7-8,10,12-13,21-22,24-25,27-28H,3,5-6,9,11,14-20H2,1-2H3. The molecule has 5 rings (SSSR count). The number of hydrogen-bond donors (Lipinski definition) is 0. The van der Waals surface area contributed by atoms with Crippen LogP contribution in [0.1, 0.15) is 78.1 Å². The second-order valence-corrected chi connectivity index (χ2v) is 12.7. The summed E-state index contributed by atoms with van der Waals surface area (Å²) in [7, 11) is 0. The third-order valence-corrected chi connectivity index (χ3v) is 10.3. The largest absolute Gasteiger partial charge is 0.459 e. The summed E-state index contributed by atoms with van der Waals surface area (Å²) in [5.74, 6) is 5.72. The molecule has 3 fully saturated rings. The van der Waals surface area contributed by atoms with Gasteiger partial charge in [0.05, 0.1) is 5.75 Å². The predicted molar refractivity (Wildman–Crippen MR) is 139 cm³/mol. The first kappa shape index (κ1) is 23.5. The zero-order valence-electron chi connectivity index (χ0n) is 20.6. The SMILES string of the molecule is CC1C=CC=C2CC3C(CSCC(=O)OC4(C)CCC5CCCCC5C4)=CCC=CC3CC21. The van der Waals surface area contributed by atoms with Crippen LogP contribution in [0.25, 0.3) is 0 Å². The summed E-state index contributed by atoms with van der Waals surface area (Å²) in [6.45, 7) is 4.56. The Morgan fingerprint density at radius 3 is 2.88 bits per heavy atom. The Labute approximate surface area is 205 Å². The van der Waals surface area contributed by atoms with Gasteiger partial charge in [-0.2, -0.15) is 0 Å². The van der Waals surface area contributed by atoms with Crippen LogP contribution in [0.2, 0.25) is 0 Å². The van der Waals surface area contributed by atoms with Gasteiger partial charge in [0.25, 0.3) is 0 Å². The van der Waals surface area contributed by atoms with Crippen molar-refractivity contribution in [2.45, 2.75) is 83.7 Å². The van der Waals surface area contributed by atoms with Crippen LogP contribution < -0.4 is 0 Å². The highest BCUT2D eigenvalue weighted by atomic mass is 32.2. The molecule has 0 aromatic carbocycles. The van der Waals surface area contributed by atoms with Crippen LogP contribution >= 0.6 is 11.8 Å². The van der Waals surface area contributed by atoms with Crippen molar-refractivity contribution in [1.29, 1.82) is 0 Å². The molecule has 180 valence electrons. The molecule has 0 N–H and O–H groups in total. The Morgan fingerprint density at radius 1 is 1.15 bits per heavy atom. The highest BCUT2D eigenvalue weighted by Crippen LogP contribution is 2.48. The summed E-state index contributed by atoms with van der Waals surface area (Å²) in [6.07, 6.45) is 26.6. The highest BCUT2D eigenvalue weighted by molar-refractivity contribution is 8.00.